The summed E-state index contributed by atoms with van der Waals surface area (Å²) in [6, 6.07) is 11.1. The van der Waals surface area contributed by atoms with Gasteiger partial charge in [-0.25, -0.2) is 13.1 Å². The standard InChI is InChI=1S/C22H27F3N4O3S/c1-26-33(31,32)20-8-6-17(7-9-20)21(30)27-10-3-11-28-12-14-29(15-13-28)19-5-2-4-18(16-19)22(23,24)25/h2,4-9,16,26H,3,10-15H2,1H3,(H,27,30). The van der Waals surface area contributed by atoms with Crippen LogP contribution in [0, 0.1) is 0 Å². The van der Waals surface area contributed by atoms with Crippen LogP contribution in [0.2, 0.25) is 0 Å². The summed E-state index contributed by atoms with van der Waals surface area (Å²) in [7, 11) is -2.22. The monoisotopic (exact) mass is 484 g/mol. The first-order chi connectivity index (χ1) is 15.6. The molecule has 0 unspecified atom stereocenters. The van der Waals surface area contributed by atoms with Crippen molar-refractivity contribution in [3.63, 3.8) is 0 Å². The van der Waals surface area contributed by atoms with Crippen molar-refractivity contribution in [3.8, 4) is 0 Å². The summed E-state index contributed by atoms with van der Waals surface area (Å²) in [5.74, 6) is -0.280. The Labute approximate surface area is 191 Å². The number of hydrogen-bond acceptors (Lipinski definition) is 5. The molecule has 1 aliphatic heterocycles. The number of hydrogen-bond donors (Lipinski definition) is 2. The summed E-state index contributed by atoms with van der Waals surface area (Å²) in [6.07, 6.45) is -3.63. The molecule has 33 heavy (non-hydrogen) atoms. The Balaban J connectivity index is 1.40. The molecule has 0 radical (unpaired) electrons. The van der Waals surface area contributed by atoms with E-state index in [1.54, 1.807) is 6.07 Å². The Bertz CT molecular complexity index is 1050. The number of nitrogens with zero attached hydrogens (tertiary/aromatic N) is 2. The molecule has 11 heteroatoms. The van der Waals surface area contributed by atoms with Crippen LogP contribution in [-0.2, 0) is 16.2 Å². The zero-order chi connectivity index (χ0) is 24.1. The minimum Gasteiger partial charge on any atom is -0.369 e. The van der Waals surface area contributed by atoms with Crippen molar-refractivity contribution in [1.29, 1.82) is 0 Å². The van der Waals surface area contributed by atoms with Crippen molar-refractivity contribution in [2.45, 2.75) is 17.5 Å². The van der Waals surface area contributed by atoms with Gasteiger partial charge < -0.3 is 10.2 Å². The van der Waals surface area contributed by atoms with Crippen molar-refractivity contribution < 1.29 is 26.4 Å². The van der Waals surface area contributed by atoms with Crippen LogP contribution < -0.4 is 14.9 Å². The Morgan fingerprint density at radius 2 is 1.70 bits per heavy atom. The highest BCUT2D eigenvalue weighted by molar-refractivity contribution is 7.89. The van der Waals surface area contributed by atoms with Crippen molar-refractivity contribution in [2.24, 2.45) is 0 Å². The quantitative estimate of drug-likeness (QED) is 0.563. The Kier molecular flexibility index (Phi) is 7.98. The number of carbonyl (C=O) groups is 1. The number of sulfonamides is 1. The number of amides is 1. The third-order valence-electron chi connectivity index (χ3n) is 5.54. The zero-order valence-corrected chi connectivity index (χ0v) is 19.0. The van der Waals surface area contributed by atoms with Gasteiger partial charge in [0.2, 0.25) is 10.0 Å². The van der Waals surface area contributed by atoms with Gasteiger partial charge in [0.15, 0.2) is 0 Å². The number of anilines is 1. The summed E-state index contributed by atoms with van der Waals surface area (Å²) in [5.41, 5.74) is 0.307. The highest BCUT2D eigenvalue weighted by Crippen LogP contribution is 2.31. The lowest BCUT2D eigenvalue weighted by Gasteiger charge is -2.36. The molecule has 0 atom stereocenters. The molecule has 0 aliphatic carbocycles. The average Bonchev–Trinajstić information content (AvgIpc) is 2.81. The molecule has 2 aromatic carbocycles. The number of nitrogens with one attached hydrogen (secondary N) is 2. The van der Waals surface area contributed by atoms with E-state index in [4.69, 9.17) is 0 Å². The van der Waals surface area contributed by atoms with Gasteiger partial charge in [-0.15, -0.1) is 0 Å². The molecule has 1 amide bonds. The maximum Gasteiger partial charge on any atom is 0.416 e. The van der Waals surface area contributed by atoms with Gasteiger partial charge in [0.25, 0.3) is 5.91 Å². The molecule has 3 rings (SSSR count). The zero-order valence-electron chi connectivity index (χ0n) is 18.2. The molecular formula is C22H27F3N4O3S. The second-order valence-corrected chi connectivity index (χ2v) is 9.60. The predicted molar refractivity (Wildman–Crippen MR) is 120 cm³/mol. The first-order valence-electron chi connectivity index (χ1n) is 10.6. The van der Waals surface area contributed by atoms with Crippen LogP contribution in [0.4, 0.5) is 18.9 Å². The molecule has 180 valence electrons. The van der Waals surface area contributed by atoms with Crippen LogP contribution in [0.3, 0.4) is 0 Å². The smallest absolute Gasteiger partial charge is 0.369 e. The molecular weight excluding hydrogens is 457 g/mol. The summed E-state index contributed by atoms with van der Waals surface area (Å²) in [6.45, 7) is 3.95. The third kappa shape index (κ3) is 6.68. The van der Waals surface area contributed by atoms with Crippen LogP contribution >= 0.6 is 0 Å². The molecule has 0 aromatic heterocycles. The van der Waals surface area contributed by atoms with Crippen LogP contribution in [0.15, 0.2) is 53.4 Å². The topological polar surface area (TPSA) is 81.7 Å². The van der Waals surface area contributed by atoms with E-state index in [1.807, 2.05) is 4.90 Å². The minimum absolute atomic E-state index is 0.0887. The number of rotatable bonds is 8. The van der Waals surface area contributed by atoms with Crippen LogP contribution in [0.1, 0.15) is 22.3 Å². The largest absolute Gasteiger partial charge is 0.416 e. The fourth-order valence-corrected chi connectivity index (χ4v) is 4.35. The van der Waals surface area contributed by atoms with E-state index in [0.717, 1.165) is 32.1 Å². The van der Waals surface area contributed by atoms with Crippen molar-refractivity contribution in [1.82, 2.24) is 14.9 Å². The summed E-state index contributed by atoms with van der Waals surface area (Å²) < 4.78 is 64.5. The summed E-state index contributed by atoms with van der Waals surface area (Å²) >= 11 is 0. The second kappa shape index (κ2) is 10.5. The van der Waals surface area contributed by atoms with Gasteiger partial charge in [-0.3, -0.25) is 9.69 Å². The molecule has 1 aliphatic rings. The number of benzene rings is 2. The van der Waals surface area contributed by atoms with Gasteiger partial charge in [-0.1, -0.05) is 6.07 Å². The van der Waals surface area contributed by atoms with E-state index in [9.17, 15) is 26.4 Å². The van der Waals surface area contributed by atoms with E-state index in [2.05, 4.69) is 14.9 Å². The lowest BCUT2D eigenvalue weighted by molar-refractivity contribution is -0.137. The third-order valence-corrected chi connectivity index (χ3v) is 6.97. The van der Waals surface area contributed by atoms with Gasteiger partial charge >= 0.3 is 6.18 Å². The fraction of sp³-hybridized carbons (Fsp3) is 0.409. The van der Waals surface area contributed by atoms with Gasteiger partial charge in [0, 0.05) is 44.0 Å². The van der Waals surface area contributed by atoms with Crippen LogP contribution in [-0.4, -0.2) is 65.5 Å². The molecule has 7 nitrogen and oxygen atoms in total. The Morgan fingerprint density at radius 1 is 1.03 bits per heavy atom. The first-order valence-corrected chi connectivity index (χ1v) is 12.0. The Hall–Kier alpha value is -2.63. The van der Waals surface area contributed by atoms with E-state index in [-0.39, 0.29) is 10.8 Å². The van der Waals surface area contributed by atoms with E-state index in [1.165, 1.54) is 43.4 Å². The van der Waals surface area contributed by atoms with Crippen LogP contribution in [0.25, 0.3) is 0 Å². The van der Waals surface area contributed by atoms with E-state index < -0.39 is 21.8 Å². The van der Waals surface area contributed by atoms with E-state index >= 15 is 0 Å². The lowest BCUT2D eigenvalue weighted by atomic mass is 10.1. The number of halogens is 3. The molecule has 1 fully saturated rings. The van der Waals surface area contributed by atoms with Gasteiger partial charge in [0.1, 0.15) is 0 Å². The molecule has 0 spiro atoms. The minimum atomic E-state index is -4.35. The number of piperazine rings is 1. The van der Waals surface area contributed by atoms with Crippen molar-refractivity contribution >= 4 is 21.6 Å². The summed E-state index contributed by atoms with van der Waals surface area (Å²) in [5, 5.41) is 2.82. The van der Waals surface area contributed by atoms with Crippen molar-refractivity contribution in [2.75, 3.05) is 51.2 Å². The van der Waals surface area contributed by atoms with E-state index in [0.29, 0.717) is 30.9 Å². The van der Waals surface area contributed by atoms with Gasteiger partial charge in [0.05, 0.1) is 10.5 Å². The highest BCUT2D eigenvalue weighted by atomic mass is 32.2. The maximum atomic E-state index is 12.9. The molecule has 0 saturated carbocycles. The number of carbonyl (C=O) groups excluding carboxylic acids is 1. The van der Waals surface area contributed by atoms with Gasteiger partial charge in [-0.05, 0) is 62.5 Å². The highest BCUT2D eigenvalue weighted by Gasteiger charge is 2.31. The Morgan fingerprint density at radius 3 is 2.30 bits per heavy atom. The predicted octanol–water partition coefficient (Wildman–Crippen LogP) is 2.56. The normalized spacial score (nSPS) is 15.5. The SMILES string of the molecule is CNS(=O)(=O)c1ccc(C(=O)NCCCN2CCN(c3cccc(C(F)(F)F)c3)CC2)cc1. The lowest BCUT2D eigenvalue weighted by Crippen LogP contribution is -2.47. The van der Waals surface area contributed by atoms with Crippen molar-refractivity contribution in [3.05, 3.63) is 59.7 Å². The van der Waals surface area contributed by atoms with Crippen LogP contribution in [0.5, 0.6) is 0 Å². The molecule has 2 N–H and O–H groups in total. The molecule has 2 aromatic rings. The average molecular weight is 485 g/mol. The maximum absolute atomic E-state index is 12.9. The summed E-state index contributed by atoms with van der Waals surface area (Å²) in [4.78, 5) is 16.5. The fourth-order valence-electron chi connectivity index (χ4n) is 3.62. The number of alkyl halides is 3. The molecule has 1 heterocycles. The van der Waals surface area contributed by atoms with Gasteiger partial charge in [-0.2, -0.15) is 13.2 Å². The molecule has 1 saturated heterocycles. The first kappa shape index (κ1) is 25.0. The molecule has 0 bridgehead atoms. The second-order valence-electron chi connectivity index (χ2n) is 7.72.